The molecule has 104 valence electrons. The second-order valence-corrected chi connectivity index (χ2v) is 5.45. The lowest BCUT2D eigenvalue weighted by Gasteiger charge is -2.12. The Morgan fingerprint density at radius 2 is 1.85 bits per heavy atom. The molecule has 3 nitrogen and oxygen atoms in total. The molecule has 0 amide bonds. The van der Waals surface area contributed by atoms with E-state index in [1.54, 1.807) is 7.11 Å². The molecule has 20 heavy (non-hydrogen) atoms. The summed E-state index contributed by atoms with van der Waals surface area (Å²) in [5, 5.41) is 6.88. The lowest BCUT2D eigenvalue weighted by Crippen LogP contribution is -2.28. The van der Waals surface area contributed by atoms with Gasteiger partial charge >= 0.3 is 0 Å². The van der Waals surface area contributed by atoms with Crippen molar-refractivity contribution in [2.24, 2.45) is 0 Å². The van der Waals surface area contributed by atoms with Crippen LogP contribution < -0.4 is 15.4 Å². The first-order chi connectivity index (χ1) is 9.69. The van der Waals surface area contributed by atoms with E-state index in [9.17, 15) is 0 Å². The summed E-state index contributed by atoms with van der Waals surface area (Å²) < 4.78 is 6.34. The molecule has 0 aromatic heterocycles. The van der Waals surface area contributed by atoms with Crippen molar-refractivity contribution in [1.82, 2.24) is 5.32 Å². The molecule has 0 radical (unpaired) electrons. The first kappa shape index (κ1) is 14.8. The Morgan fingerprint density at radius 3 is 2.55 bits per heavy atom. The Hall–Kier alpha value is -1.59. The topological polar surface area (TPSA) is 33.3 Å². The van der Waals surface area contributed by atoms with Crippen LogP contribution in [0.1, 0.15) is 5.56 Å². The first-order valence-electron chi connectivity index (χ1n) is 6.11. The summed E-state index contributed by atoms with van der Waals surface area (Å²) in [6.45, 7) is 0.617. The SMILES string of the molecule is COc1ccccc1CNC(=S)Nc1ccc(Br)cc1. The maximum Gasteiger partial charge on any atom is 0.171 e. The van der Waals surface area contributed by atoms with Crippen LogP contribution in [-0.4, -0.2) is 12.2 Å². The van der Waals surface area contributed by atoms with Crippen molar-refractivity contribution >= 4 is 38.9 Å². The molecule has 2 aromatic carbocycles. The van der Waals surface area contributed by atoms with Gasteiger partial charge in [-0.25, -0.2) is 0 Å². The number of halogens is 1. The van der Waals surface area contributed by atoms with Gasteiger partial charge in [0.15, 0.2) is 5.11 Å². The highest BCUT2D eigenvalue weighted by atomic mass is 79.9. The molecule has 0 bridgehead atoms. The molecule has 0 aliphatic carbocycles. The molecular weight excluding hydrogens is 336 g/mol. The maximum atomic E-state index is 5.30. The van der Waals surface area contributed by atoms with Crippen molar-refractivity contribution in [2.75, 3.05) is 12.4 Å². The lowest BCUT2D eigenvalue weighted by atomic mass is 10.2. The number of rotatable bonds is 4. The lowest BCUT2D eigenvalue weighted by molar-refractivity contribution is 0.409. The molecule has 2 rings (SSSR count). The molecule has 5 heteroatoms. The summed E-state index contributed by atoms with van der Waals surface area (Å²) in [7, 11) is 1.66. The molecule has 0 aliphatic rings. The van der Waals surface area contributed by atoms with Crippen molar-refractivity contribution in [1.29, 1.82) is 0 Å². The zero-order valence-electron chi connectivity index (χ0n) is 11.0. The fourth-order valence-corrected chi connectivity index (χ4v) is 2.19. The average molecular weight is 351 g/mol. The van der Waals surface area contributed by atoms with Crippen LogP contribution in [0.2, 0.25) is 0 Å². The molecule has 0 unspecified atom stereocenters. The van der Waals surface area contributed by atoms with Gasteiger partial charge in [-0.3, -0.25) is 0 Å². The number of hydrogen-bond acceptors (Lipinski definition) is 2. The predicted octanol–water partition coefficient (Wildman–Crippen LogP) is 3.94. The van der Waals surface area contributed by atoms with Crippen molar-refractivity contribution in [2.45, 2.75) is 6.54 Å². The van der Waals surface area contributed by atoms with E-state index >= 15 is 0 Å². The van der Waals surface area contributed by atoms with E-state index in [1.807, 2.05) is 48.5 Å². The fraction of sp³-hybridized carbons (Fsp3) is 0.133. The average Bonchev–Trinajstić information content (AvgIpc) is 2.48. The number of benzene rings is 2. The van der Waals surface area contributed by atoms with Crippen LogP contribution in [0.3, 0.4) is 0 Å². The highest BCUT2D eigenvalue weighted by molar-refractivity contribution is 9.10. The Labute approximate surface area is 132 Å². The summed E-state index contributed by atoms with van der Waals surface area (Å²) in [6.07, 6.45) is 0. The van der Waals surface area contributed by atoms with E-state index in [0.717, 1.165) is 21.5 Å². The van der Waals surface area contributed by atoms with E-state index in [2.05, 4.69) is 26.6 Å². The molecule has 0 saturated carbocycles. The molecule has 0 spiro atoms. The zero-order chi connectivity index (χ0) is 14.4. The van der Waals surface area contributed by atoms with Gasteiger partial charge < -0.3 is 15.4 Å². The predicted molar refractivity (Wildman–Crippen MR) is 90.2 cm³/mol. The minimum Gasteiger partial charge on any atom is -0.496 e. The van der Waals surface area contributed by atoms with E-state index in [0.29, 0.717) is 11.7 Å². The van der Waals surface area contributed by atoms with Gasteiger partial charge in [0.05, 0.1) is 7.11 Å². The monoisotopic (exact) mass is 350 g/mol. The van der Waals surface area contributed by atoms with Gasteiger partial charge in [-0.05, 0) is 42.5 Å². The van der Waals surface area contributed by atoms with Crippen molar-refractivity contribution in [3.63, 3.8) is 0 Å². The van der Waals surface area contributed by atoms with Crippen LogP contribution in [0.15, 0.2) is 53.0 Å². The largest absolute Gasteiger partial charge is 0.496 e. The summed E-state index contributed by atoms with van der Waals surface area (Å²) >= 11 is 8.67. The van der Waals surface area contributed by atoms with Crippen molar-refractivity contribution in [3.05, 3.63) is 58.6 Å². The van der Waals surface area contributed by atoms with Gasteiger partial charge in [0, 0.05) is 22.3 Å². The van der Waals surface area contributed by atoms with E-state index < -0.39 is 0 Å². The number of ether oxygens (including phenoxy) is 1. The normalized spacial score (nSPS) is 9.90. The summed E-state index contributed by atoms with van der Waals surface area (Å²) in [5.74, 6) is 0.853. The van der Waals surface area contributed by atoms with Gasteiger partial charge in [0.2, 0.25) is 0 Å². The van der Waals surface area contributed by atoms with Gasteiger partial charge in [0.25, 0.3) is 0 Å². The molecule has 0 aliphatic heterocycles. The van der Waals surface area contributed by atoms with Gasteiger partial charge in [-0.15, -0.1) is 0 Å². The summed E-state index contributed by atoms with van der Waals surface area (Å²) in [4.78, 5) is 0. The molecule has 0 heterocycles. The third-order valence-corrected chi connectivity index (χ3v) is 3.51. The number of methoxy groups -OCH3 is 1. The summed E-state index contributed by atoms with van der Waals surface area (Å²) in [5.41, 5.74) is 2.01. The number of thiocarbonyl (C=S) groups is 1. The Bertz CT molecular complexity index is 587. The zero-order valence-corrected chi connectivity index (χ0v) is 13.4. The standard InChI is InChI=1S/C15H15BrN2OS/c1-19-14-5-3-2-4-11(14)10-17-15(20)18-13-8-6-12(16)7-9-13/h2-9H,10H2,1H3,(H2,17,18,20). The second-order valence-electron chi connectivity index (χ2n) is 4.13. The fourth-order valence-electron chi connectivity index (χ4n) is 1.73. The molecular formula is C15H15BrN2OS. The van der Waals surface area contributed by atoms with Crippen molar-refractivity contribution in [3.8, 4) is 5.75 Å². The van der Waals surface area contributed by atoms with Crippen LogP contribution >= 0.6 is 28.1 Å². The number of hydrogen-bond donors (Lipinski definition) is 2. The van der Waals surface area contributed by atoms with Crippen LogP contribution in [0.5, 0.6) is 5.75 Å². The third-order valence-electron chi connectivity index (χ3n) is 2.73. The number of para-hydroxylation sites is 1. The molecule has 0 saturated heterocycles. The number of anilines is 1. The van der Waals surface area contributed by atoms with Crippen molar-refractivity contribution < 1.29 is 4.74 Å². The highest BCUT2D eigenvalue weighted by Gasteiger charge is 2.02. The molecule has 0 fully saturated rings. The van der Waals surface area contributed by atoms with E-state index in [4.69, 9.17) is 17.0 Å². The molecule has 2 N–H and O–H groups in total. The Balaban J connectivity index is 1.90. The quantitative estimate of drug-likeness (QED) is 0.818. The second kappa shape index (κ2) is 7.26. The Morgan fingerprint density at radius 1 is 1.15 bits per heavy atom. The Kier molecular flexibility index (Phi) is 5.38. The highest BCUT2D eigenvalue weighted by Crippen LogP contribution is 2.17. The first-order valence-corrected chi connectivity index (χ1v) is 7.31. The van der Waals surface area contributed by atoms with Gasteiger partial charge in [-0.1, -0.05) is 34.1 Å². The van der Waals surface area contributed by atoms with Gasteiger partial charge in [0.1, 0.15) is 5.75 Å². The minimum absolute atomic E-state index is 0.582. The van der Waals surface area contributed by atoms with E-state index in [1.165, 1.54) is 0 Å². The molecule has 0 atom stereocenters. The van der Waals surface area contributed by atoms with Crippen LogP contribution in [-0.2, 0) is 6.54 Å². The minimum atomic E-state index is 0.582. The van der Waals surface area contributed by atoms with Crippen LogP contribution in [0.4, 0.5) is 5.69 Å². The van der Waals surface area contributed by atoms with Gasteiger partial charge in [-0.2, -0.15) is 0 Å². The maximum absolute atomic E-state index is 5.30. The van der Waals surface area contributed by atoms with E-state index in [-0.39, 0.29) is 0 Å². The van der Waals surface area contributed by atoms with Crippen LogP contribution in [0.25, 0.3) is 0 Å². The molecule has 2 aromatic rings. The smallest absolute Gasteiger partial charge is 0.171 e. The summed E-state index contributed by atoms with van der Waals surface area (Å²) in [6, 6.07) is 15.7. The number of nitrogens with one attached hydrogen (secondary N) is 2. The van der Waals surface area contributed by atoms with Crippen LogP contribution in [0, 0.1) is 0 Å². The third kappa shape index (κ3) is 4.21.